The van der Waals surface area contributed by atoms with Crippen LogP contribution in [-0.4, -0.2) is 10.8 Å². The largest absolute Gasteiger partial charge is 0.342 e. The van der Waals surface area contributed by atoms with Gasteiger partial charge in [0.1, 0.15) is 5.66 Å². The fourth-order valence-electron chi connectivity index (χ4n) is 2.27. The summed E-state index contributed by atoms with van der Waals surface area (Å²) in [7, 11) is 0. The van der Waals surface area contributed by atoms with E-state index in [1.165, 1.54) is 12.8 Å². The van der Waals surface area contributed by atoms with E-state index in [1.807, 2.05) is 29.3 Å². The number of thiocarbonyl (C=S) groups is 1. The number of hydrogen-bond acceptors (Lipinski definition) is 2. The number of nitrogens with one attached hydrogen (secondary N) is 2. The van der Waals surface area contributed by atoms with E-state index in [0.29, 0.717) is 0 Å². The lowest BCUT2D eigenvalue weighted by atomic mass is 10.0. The monoisotopic (exact) mass is 297 g/mol. The average Bonchev–Trinajstić information content (AvgIpc) is 2.75. The first-order valence-corrected chi connectivity index (χ1v) is 7.54. The zero-order valence-corrected chi connectivity index (χ0v) is 12.9. The molecular weight excluding hydrogens is 278 g/mol. The Labute approximate surface area is 125 Å². The molecule has 1 heterocycles. The van der Waals surface area contributed by atoms with E-state index in [2.05, 4.69) is 24.6 Å². The second kappa shape index (κ2) is 6.07. The van der Waals surface area contributed by atoms with Crippen molar-refractivity contribution in [1.82, 2.24) is 10.7 Å². The van der Waals surface area contributed by atoms with E-state index in [1.54, 1.807) is 0 Å². The van der Waals surface area contributed by atoms with E-state index in [0.717, 1.165) is 28.7 Å². The first kappa shape index (κ1) is 14.6. The minimum atomic E-state index is -0.118. The molecule has 3 nitrogen and oxygen atoms in total. The molecule has 1 aliphatic rings. The number of benzene rings is 1. The molecule has 0 bridgehead atoms. The minimum absolute atomic E-state index is 0.118. The van der Waals surface area contributed by atoms with Crippen LogP contribution in [-0.2, 0) is 0 Å². The summed E-state index contributed by atoms with van der Waals surface area (Å²) in [6, 6.07) is 7.68. The van der Waals surface area contributed by atoms with Crippen molar-refractivity contribution < 1.29 is 0 Å². The SMILES string of the molecule is CCCCC1(CC)NC(=S)N(c2ccc(Cl)cc2)N1. The summed E-state index contributed by atoms with van der Waals surface area (Å²) >= 11 is 11.4. The number of halogens is 1. The van der Waals surface area contributed by atoms with Gasteiger partial charge in [0.05, 0.1) is 5.69 Å². The van der Waals surface area contributed by atoms with Gasteiger partial charge in [-0.05, 0) is 55.7 Å². The number of nitrogens with zero attached hydrogens (tertiary/aromatic N) is 1. The maximum Gasteiger partial charge on any atom is 0.189 e. The molecule has 0 saturated carbocycles. The summed E-state index contributed by atoms with van der Waals surface area (Å²) < 4.78 is 0. The van der Waals surface area contributed by atoms with Crippen LogP contribution < -0.4 is 15.8 Å². The number of unbranched alkanes of at least 4 members (excludes halogenated alkanes) is 1. The average molecular weight is 298 g/mol. The van der Waals surface area contributed by atoms with Crippen LogP contribution in [0.1, 0.15) is 39.5 Å². The second-order valence-corrected chi connectivity index (χ2v) is 5.72. The zero-order valence-electron chi connectivity index (χ0n) is 11.4. The van der Waals surface area contributed by atoms with Gasteiger partial charge in [-0.2, -0.15) is 0 Å². The zero-order chi connectivity index (χ0) is 13.9. The molecule has 5 heteroatoms. The fraction of sp³-hybridized carbons (Fsp3) is 0.500. The first-order valence-electron chi connectivity index (χ1n) is 6.76. The molecular formula is C14H20ClN3S. The van der Waals surface area contributed by atoms with Crippen molar-refractivity contribution in [3.8, 4) is 0 Å². The van der Waals surface area contributed by atoms with Crippen molar-refractivity contribution in [3.05, 3.63) is 29.3 Å². The van der Waals surface area contributed by atoms with Gasteiger partial charge < -0.3 is 5.32 Å². The lowest BCUT2D eigenvalue weighted by Crippen LogP contribution is -2.50. The van der Waals surface area contributed by atoms with Gasteiger partial charge in [0.25, 0.3) is 0 Å². The molecule has 1 unspecified atom stereocenters. The Bertz CT molecular complexity index is 449. The summed E-state index contributed by atoms with van der Waals surface area (Å²) in [5, 5.41) is 6.82. The van der Waals surface area contributed by atoms with Crippen LogP contribution in [0.2, 0.25) is 5.02 Å². The number of anilines is 1. The highest BCUT2D eigenvalue weighted by Gasteiger charge is 2.38. The number of rotatable bonds is 5. The first-order chi connectivity index (χ1) is 9.10. The second-order valence-electron chi connectivity index (χ2n) is 4.89. The summed E-state index contributed by atoms with van der Waals surface area (Å²) in [6.07, 6.45) is 4.39. The van der Waals surface area contributed by atoms with Crippen LogP contribution >= 0.6 is 23.8 Å². The van der Waals surface area contributed by atoms with Crippen LogP contribution in [0.25, 0.3) is 0 Å². The predicted octanol–water partition coefficient (Wildman–Crippen LogP) is 3.84. The highest BCUT2D eigenvalue weighted by atomic mass is 35.5. The Hall–Kier alpha value is -0.840. The molecule has 2 rings (SSSR count). The van der Waals surface area contributed by atoms with Crippen LogP contribution in [0.5, 0.6) is 0 Å². The Morgan fingerprint density at radius 3 is 2.53 bits per heavy atom. The molecule has 1 fully saturated rings. The van der Waals surface area contributed by atoms with Crippen LogP contribution in [0.15, 0.2) is 24.3 Å². The van der Waals surface area contributed by atoms with Gasteiger partial charge in [0.15, 0.2) is 5.11 Å². The van der Waals surface area contributed by atoms with Crippen molar-refractivity contribution in [2.24, 2.45) is 0 Å². The van der Waals surface area contributed by atoms with Crippen LogP contribution in [0.4, 0.5) is 5.69 Å². The molecule has 1 aliphatic heterocycles. The topological polar surface area (TPSA) is 27.3 Å². The Morgan fingerprint density at radius 2 is 1.95 bits per heavy atom. The minimum Gasteiger partial charge on any atom is -0.342 e. The number of hydrogen-bond donors (Lipinski definition) is 2. The molecule has 0 spiro atoms. The van der Waals surface area contributed by atoms with Gasteiger partial charge in [0, 0.05) is 5.02 Å². The standard InChI is InChI=1S/C14H20ClN3S/c1-3-5-10-14(4-2)16-13(19)18(17-14)12-8-6-11(15)7-9-12/h6-9,17H,3-5,10H2,1-2H3,(H,16,19). The van der Waals surface area contributed by atoms with Crippen molar-refractivity contribution in [2.75, 3.05) is 5.01 Å². The highest BCUT2D eigenvalue weighted by Crippen LogP contribution is 2.26. The van der Waals surface area contributed by atoms with E-state index < -0.39 is 0 Å². The molecule has 2 N–H and O–H groups in total. The van der Waals surface area contributed by atoms with Gasteiger partial charge in [-0.3, -0.25) is 5.01 Å². The molecule has 0 aliphatic carbocycles. The lowest BCUT2D eigenvalue weighted by Gasteiger charge is -2.28. The third kappa shape index (κ3) is 3.19. The van der Waals surface area contributed by atoms with Gasteiger partial charge in [0.2, 0.25) is 0 Å². The fourth-order valence-corrected chi connectivity index (χ4v) is 2.74. The van der Waals surface area contributed by atoms with Crippen molar-refractivity contribution in [3.63, 3.8) is 0 Å². The van der Waals surface area contributed by atoms with Gasteiger partial charge in [-0.25, -0.2) is 5.43 Å². The summed E-state index contributed by atoms with van der Waals surface area (Å²) in [5.41, 5.74) is 4.40. The van der Waals surface area contributed by atoms with E-state index in [9.17, 15) is 0 Å². The third-order valence-electron chi connectivity index (χ3n) is 3.52. The number of hydrazine groups is 1. The molecule has 1 saturated heterocycles. The third-order valence-corrected chi connectivity index (χ3v) is 4.06. The molecule has 19 heavy (non-hydrogen) atoms. The van der Waals surface area contributed by atoms with Gasteiger partial charge in [-0.1, -0.05) is 31.9 Å². The molecule has 0 amide bonds. The quantitative estimate of drug-likeness (QED) is 0.808. The molecule has 1 aromatic carbocycles. The van der Waals surface area contributed by atoms with Gasteiger partial charge >= 0.3 is 0 Å². The molecule has 0 aromatic heterocycles. The highest BCUT2D eigenvalue weighted by molar-refractivity contribution is 7.80. The summed E-state index contributed by atoms with van der Waals surface area (Å²) in [6.45, 7) is 4.37. The van der Waals surface area contributed by atoms with Crippen molar-refractivity contribution in [1.29, 1.82) is 0 Å². The van der Waals surface area contributed by atoms with Crippen LogP contribution in [0.3, 0.4) is 0 Å². The van der Waals surface area contributed by atoms with Crippen molar-refractivity contribution in [2.45, 2.75) is 45.2 Å². The Balaban J connectivity index is 2.16. The molecule has 1 atom stereocenters. The Morgan fingerprint density at radius 1 is 1.26 bits per heavy atom. The lowest BCUT2D eigenvalue weighted by molar-refractivity contribution is 0.294. The summed E-state index contributed by atoms with van der Waals surface area (Å²) in [5.74, 6) is 0. The maximum atomic E-state index is 5.92. The van der Waals surface area contributed by atoms with Crippen molar-refractivity contribution >= 4 is 34.6 Å². The molecule has 1 aromatic rings. The predicted molar refractivity (Wildman–Crippen MR) is 85.3 cm³/mol. The normalized spacial score (nSPS) is 22.7. The molecule has 104 valence electrons. The van der Waals surface area contributed by atoms with E-state index >= 15 is 0 Å². The molecule has 0 radical (unpaired) electrons. The Kier molecular flexibility index (Phi) is 4.66. The van der Waals surface area contributed by atoms with Gasteiger partial charge in [-0.15, -0.1) is 0 Å². The summed E-state index contributed by atoms with van der Waals surface area (Å²) in [4.78, 5) is 0. The smallest absolute Gasteiger partial charge is 0.189 e. The maximum absolute atomic E-state index is 5.92. The van der Waals surface area contributed by atoms with E-state index in [-0.39, 0.29) is 5.66 Å². The van der Waals surface area contributed by atoms with E-state index in [4.69, 9.17) is 23.8 Å². The van der Waals surface area contributed by atoms with Crippen LogP contribution in [0, 0.1) is 0 Å².